The van der Waals surface area contributed by atoms with Crippen molar-refractivity contribution in [3.05, 3.63) is 16.0 Å². The Labute approximate surface area is 116 Å². The van der Waals surface area contributed by atoms with Crippen molar-refractivity contribution in [2.24, 2.45) is 5.73 Å². The normalized spacial score (nSPS) is 19.1. The highest BCUT2D eigenvalue weighted by Crippen LogP contribution is 2.38. The standard InChI is InChI=1S/C13H18N2O3S/c1-4-9-7(2)19-12(11(9)13(17)18-3)15-6-8(14)5-10(15)16/h8H,4-6,14H2,1-3H3. The molecule has 0 aromatic carbocycles. The van der Waals surface area contributed by atoms with Gasteiger partial charge in [0.1, 0.15) is 5.00 Å². The van der Waals surface area contributed by atoms with Crippen molar-refractivity contribution >= 4 is 28.2 Å². The molecule has 1 aliphatic rings. The second kappa shape index (κ2) is 5.30. The van der Waals surface area contributed by atoms with Gasteiger partial charge in [0.2, 0.25) is 5.91 Å². The summed E-state index contributed by atoms with van der Waals surface area (Å²) in [4.78, 5) is 26.6. The van der Waals surface area contributed by atoms with E-state index >= 15 is 0 Å². The number of nitrogens with zero attached hydrogens (tertiary/aromatic N) is 1. The second-order valence-corrected chi connectivity index (χ2v) is 5.83. The lowest BCUT2D eigenvalue weighted by Crippen LogP contribution is -2.28. The third-order valence-corrected chi connectivity index (χ3v) is 4.50. The Morgan fingerprint density at radius 2 is 2.26 bits per heavy atom. The van der Waals surface area contributed by atoms with Crippen LogP contribution in [0.4, 0.5) is 5.00 Å². The molecule has 0 aliphatic carbocycles. The Morgan fingerprint density at radius 1 is 1.58 bits per heavy atom. The summed E-state index contributed by atoms with van der Waals surface area (Å²) in [5.41, 5.74) is 7.30. The Kier molecular flexibility index (Phi) is 3.91. The van der Waals surface area contributed by atoms with Crippen LogP contribution >= 0.6 is 11.3 Å². The molecule has 1 aliphatic heterocycles. The zero-order chi connectivity index (χ0) is 14.2. The first-order chi connectivity index (χ1) is 8.99. The summed E-state index contributed by atoms with van der Waals surface area (Å²) in [5.74, 6) is -0.411. The van der Waals surface area contributed by atoms with Crippen molar-refractivity contribution in [1.29, 1.82) is 0 Å². The maximum atomic E-state index is 12.0. The number of ether oxygens (including phenoxy) is 1. The molecule has 6 heteroatoms. The van der Waals surface area contributed by atoms with E-state index in [0.29, 0.717) is 23.5 Å². The zero-order valence-corrected chi connectivity index (χ0v) is 12.2. The fourth-order valence-corrected chi connectivity index (χ4v) is 3.68. The molecular weight excluding hydrogens is 264 g/mol. The Bertz CT molecular complexity index is 524. The van der Waals surface area contributed by atoms with Crippen LogP contribution in [0.2, 0.25) is 0 Å². The van der Waals surface area contributed by atoms with Gasteiger partial charge in [-0.1, -0.05) is 6.92 Å². The fourth-order valence-electron chi connectivity index (χ4n) is 2.42. The van der Waals surface area contributed by atoms with Gasteiger partial charge < -0.3 is 15.4 Å². The van der Waals surface area contributed by atoms with Crippen LogP contribution in [-0.4, -0.2) is 31.6 Å². The van der Waals surface area contributed by atoms with E-state index in [-0.39, 0.29) is 17.9 Å². The van der Waals surface area contributed by atoms with Crippen LogP contribution in [0.25, 0.3) is 0 Å². The molecule has 2 N–H and O–H groups in total. The van der Waals surface area contributed by atoms with Crippen LogP contribution in [0, 0.1) is 6.92 Å². The Hall–Kier alpha value is -1.40. The van der Waals surface area contributed by atoms with E-state index in [1.54, 1.807) is 4.90 Å². The van der Waals surface area contributed by atoms with Crippen LogP contribution in [0.3, 0.4) is 0 Å². The lowest BCUT2D eigenvalue weighted by Gasteiger charge is -2.15. The molecule has 0 radical (unpaired) electrons. The number of nitrogens with two attached hydrogens (primary N) is 1. The number of carbonyl (C=O) groups excluding carboxylic acids is 2. The van der Waals surface area contributed by atoms with Gasteiger partial charge in [0.05, 0.1) is 12.7 Å². The van der Waals surface area contributed by atoms with Crippen molar-refractivity contribution in [2.45, 2.75) is 32.7 Å². The molecule has 0 spiro atoms. The monoisotopic (exact) mass is 282 g/mol. The molecule has 1 aromatic rings. The highest BCUT2D eigenvalue weighted by Gasteiger charge is 2.34. The van der Waals surface area contributed by atoms with Gasteiger partial charge in [-0.15, -0.1) is 11.3 Å². The van der Waals surface area contributed by atoms with Gasteiger partial charge in [0.15, 0.2) is 0 Å². The molecule has 1 fully saturated rings. The number of hydrogen-bond acceptors (Lipinski definition) is 5. The minimum atomic E-state index is -0.385. The number of anilines is 1. The van der Waals surface area contributed by atoms with Gasteiger partial charge in [-0.25, -0.2) is 4.79 Å². The number of aryl methyl sites for hydroxylation is 1. The molecule has 104 valence electrons. The number of rotatable bonds is 3. The first kappa shape index (κ1) is 14.0. The molecular formula is C13H18N2O3S. The van der Waals surface area contributed by atoms with Crippen molar-refractivity contribution in [2.75, 3.05) is 18.6 Å². The van der Waals surface area contributed by atoms with Crippen molar-refractivity contribution < 1.29 is 14.3 Å². The van der Waals surface area contributed by atoms with Crippen molar-refractivity contribution in [3.8, 4) is 0 Å². The quantitative estimate of drug-likeness (QED) is 0.852. The second-order valence-electron chi connectivity index (χ2n) is 4.63. The zero-order valence-electron chi connectivity index (χ0n) is 11.4. The minimum Gasteiger partial charge on any atom is -0.465 e. The lowest BCUT2D eigenvalue weighted by molar-refractivity contribution is -0.117. The molecule has 0 bridgehead atoms. The van der Waals surface area contributed by atoms with Gasteiger partial charge >= 0.3 is 5.97 Å². The molecule has 1 aromatic heterocycles. The molecule has 2 heterocycles. The average molecular weight is 282 g/mol. The van der Waals surface area contributed by atoms with Gasteiger partial charge in [-0.05, 0) is 18.9 Å². The smallest absolute Gasteiger partial charge is 0.341 e. The highest BCUT2D eigenvalue weighted by molar-refractivity contribution is 7.17. The predicted octanol–water partition coefficient (Wildman–Crippen LogP) is 1.47. The van der Waals surface area contributed by atoms with E-state index in [1.807, 2.05) is 13.8 Å². The highest BCUT2D eigenvalue weighted by atomic mass is 32.1. The van der Waals surface area contributed by atoms with Gasteiger partial charge in [-0.2, -0.15) is 0 Å². The number of amides is 1. The molecule has 19 heavy (non-hydrogen) atoms. The van der Waals surface area contributed by atoms with E-state index in [2.05, 4.69) is 0 Å². The van der Waals surface area contributed by atoms with E-state index < -0.39 is 0 Å². The van der Waals surface area contributed by atoms with E-state index in [1.165, 1.54) is 18.4 Å². The summed E-state index contributed by atoms with van der Waals surface area (Å²) in [5, 5.41) is 0.680. The van der Waals surface area contributed by atoms with E-state index in [9.17, 15) is 9.59 Å². The molecule has 2 rings (SSSR count). The molecule has 1 atom stereocenters. The van der Waals surface area contributed by atoms with Crippen molar-refractivity contribution in [1.82, 2.24) is 0 Å². The molecule has 5 nitrogen and oxygen atoms in total. The minimum absolute atomic E-state index is 0.0263. The number of hydrogen-bond donors (Lipinski definition) is 1. The van der Waals surface area contributed by atoms with Crippen LogP contribution in [0.1, 0.15) is 34.1 Å². The Morgan fingerprint density at radius 3 is 2.74 bits per heavy atom. The fraction of sp³-hybridized carbons (Fsp3) is 0.538. The summed E-state index contributed by atoms with van der Waals surface area (Å²) in [7, 11) is 1.36. The summed E-state index contributed by atoms with van der Waals surface area (Å²) < 4.78 is 4.85. The molecule has 0 saturated carbocycles. The van der Waals surface area contributed by atoms with Gasteiger partial charge in [-0.3, -0.25) is 4.79 Å². The molecule has 1 saturated heterocycles. The van der Waals surface area contributed by atoms with Gasteiger partial charge in [0, 0.05) is 23.9 Å². The first-order valence-corrected chi connectivity index (χ1v) is 7.07. The number of carbonyl (C=O) groups is 2. The maximum absolute atomic E-state index is 12.0. The first-order valence-electron chi connectivity index (χ1n) is 6.26. The lowest BCUT2D eigenvalue weighted by atomic mass is 10.1. The van der Waals surface area contributed by atoms with Crippen LogP contribution < -0.4 is 10.6 Å². The SMILES string of the molecule is CCc1c(C)sc(N2CC(N)CC2=O)c1C(=O)OC. The van der Waals surface area contributed by atoms with Crippen LogP contribution in [0.5, 0.6) is 0 Å². The number of thiophene rings is 1. The molecule has 1 unspecified atom stereocenters. The number of esters is 1. The summed E-state index contributed by atoms with van der Waals surface area (Å²) in [6.07, 6.45) is 1.07. The van der Waals surface area contributed by atoms with Crippen molar-refractivity contribution in [3.63, 3.8) is 0 Å². The number of methoxy groups -OCH3 is 1. The van der Waals surface area contributed by atoms with Crippen LogP contribution in [-0.2, 0) is 16.0 Å². The Balaban J connectivity index is 2.51. The largest absolute Gasteiger partial charge is 0.465 e. The van der Waals surface area contributed by atoms with Gasteiger partial charge in [0.25, 0.3) is 0 Å². The predicted molar refractivity (Wildman–Crippen MR) is 74.7 cm³/mol. The maximum Gasteiger partial charge on any atom is 0.341 e. The van der Waals surface area contributed by atoms with Crippen LogP contribution in [0.15, 0.2) is 0 Å². The van der Waals surface area contributed by atoms with E-state index in [4.69, 9.17) is 10.5 Å². The third-order valence-electron chi connectivity index (χ3n) is 3.33. The summed E-state index contributed by atoms with van der Waals surface area (Å²) >= 11 is 1.46. The topological polar surface area (TPSA) is 72.6 Å². The average Bonchev–Trinajstić information content (AvgIpc) is 2.87. The summed E-state index contributed by atoms with van der Waals surface area (Å²) in [6.45, 7) is 4.41. The summed E-state index contributed by atoms with van der Waals surface area (Å²) in [6, 6.07) is -0.162. The molecule has 1 amide bonds. The third kappa shape index (κ3) is 2.37. The van der Waals surface area contributed by atoms with E-state index in [0.717, 1.165) is 16.9 Å².